The summed E-state index contributed by atoms with van der Waals surface area (Å²) in [5.74, 6) is -5.34. The highest BCUT2D eigenvalue weighted by molar-refractivity contribution is 5.98. The lowest BCUT2D eigenvalue weighted by atomic mass is 9.87. The number of hydrogen-bond donors (Lipinski definition) is 4. The van der Waals surface area contributed by atoms with Gasteiger partial charge in [-0.1, -0.05) is 0 Å². The molecule has 0 bridgehead atoms. The van der Waals surface area contributed by atoms with Crippen molar-refractivity contribution >= 4 is 29.3 Å². The topological polar surface area (TPSA) is 162 Å². The standard InChI is InChI=1S/C25H30F3N9O3/c1-13-19(37-31-7-8-32-37)9-14(12-30-13)33-21-15(20(29)38)10-16(26)22(36-21)34-17-5-6-25(27,28)11-18(17)35-23(39)40-24(2,3)4/h7-10,12,17-18H,5-6,11H2,1-4H3,(H2,29,38)(H,35,39)(H2,33,34,36)/t17?,18-/m0/s1. The first-order valence-corrected chi connectivity index (χ1v) is 12.5. The average Bonchev–Trinajstić information content (AvgIpc) is 3.37. The lowest BCUT2D eigenvalue weighted by molar-refractivity contribution is -0.0476. The fraction of sp³-hybridized carbons (Fsp3) is 0.440. The molecule has 1 saturated carbocycles. The summed E-state index contributed by atoms with van der Waals surface area (Å²) in [4.78, 5) is 34.3. The number of carbonyl (C=O) groups excluding carboxylic acids is 2. The molecule has 2 amide bonds. The second-order valence-electron chi connectivity index (χ2n) is 10.5. The molecule has 12 nitrogen and oxygen atoms in total. The highest BCUT2D eigenvalue weighted by Crippen LogP contribution is 2.35. The van der Waals surface area contributed by atoms with Crippen molar-refractivity contribution in [2.75, 3.05) is 10.6 Å². The Labute approximate surface area is 227 Å². The number of alkyl carbamates (subject to hydrolysis) is 1. The average molecular weight is 562 g/mol. The molecule has 0 aliphatic heterocycles. The maximum atomic E-state index is 15.1. The van der Waals surface area contributed by atoms with Crippen molar-refractivity contribution in [2.24, 2.45) is 5.73 Å². The zero-order valence-corrected chi connectivity index (χ0v) is 22.3. The molecule has 4 rings (SSSR count). The lowest BCUT2D eigenvalue weighted by Crippen LogP contribution is -2.54. The maximum absolute atomic E-state index is 15.1. The largest absolute Gasteiger partial charge is 0.444 e. The number of nitrogens with zero attached hydrogens (tertiary/aromatic N) is 5. The minimum Gasteiger partial charge on any atom is -0.444 e. The molecule has 1 aliphatic carbocycles. The number of anilines is 3. The molecule has 15 heteroatoms. The van der Waals surface area contributed by atoms with Crippen molar-refractivity contribution < 1.29 is 27.5 Å². The van der Waals surface area contributed by atoms with E-state index in [0.717, 1.165) is 6.07 Å². The van der Waals surface area contributed by atoms with Gasteiger partial charge < -0.3 is 26.4 Å². The third-order valence-corrected chi connectivity index (χ3v) is 6.05. The zero-order chi connectivity index (χ0) is 29.2. The van der Waals surface area contributed by atoms with Crippen LogP contribution < -0.4 is 21.7 Å². The van der Waals surface area contributed by atoms with Gasteiger partial charge in [-0.2, -0.15) is 10.2 Å². The van der Waals surface area contributed by atoms with Crippen molar-refractivity contribution in [1.82, 2.24) is 30.3 Å². The fourth-order valence-corrected chi connectivity index (χ4v) is 4.24. The second-order valence-corrected chi connectivity index (χ2v) is 10.5. The molecule has 0 spiro atoms. The highest BCUT2D eigenvalue weighted by Gasteiger charge is 2.43. The molecule has 214 valence electrons. The maximum Gasteiger partial charge on any atom is 0.407 e. The Hall–Kier alpha value is -4.43. The van der Waals surface area contributed by atoms with Crippen LogP contribution in [0.15, 0.2) is 30.7 Å². The Morgan fingerprint density at radius 3 is 2.50 bits per heavy atom. The molecule has 5 N–H and O–H groups in total. The first-order valence-electron chi connectivity index (χ1n) is 12.5. The summed E-state index contributed by atoms with van der Waals surface area (Å²) in [6, 6.07) is 0.623. The van der Waals surface area contributed by atoms with Gasteiger partial charge in [0.1, 0.15) is 17.1 Å². The van der Waals surface area contributed by atoms with E-state index in [4.69, 9.17) is 10.5 Å². The Morgan fingerprint density at radius 2 is 1.85 bits per heavy atom. The van der Waals surface area contributed by atoms with Crippen LogP contribution in [0.5, 0.6) is 0 Å². The Morgan fingerprint density at radius 1 is 1.15 bits per heavy atom. The Bertz CT molecular complexity index is 1390. The van der Waals surface area contributed by atoms with Gasteiger partial charge >= 0.3 is 6.09 Å². The summed E-state index contributed by atoms with van der Waals surface area (Å²) < 4.78 is 48.8. The van der Waals surface area contributed by atoms with Gasteiger partial charge in [-0.25, -0.2) is 22.9 Å². The minimum absolute atomic E-state index is 0.0979. The first-order chi connectivity index (χ1) is 18.7. The van der Waals surface area contributed by atoms with Crippen LogP contribution >= 0.6 is 0 Å². The van der Waals surface area contributed by atoms with E-state index in [1.807, 2.05) is 0 Å². The van der Waals surface area contributed by atoms with E-state index in [1.54, 1.807) is 33.8 Å². The summed E-state index contributed by atoms with van der Waals surface area (Å²) in [5.41, 5.74) is 5.89. The molecule has 3 aromatic heterocycles. The van der Waals surface area contributed by atoms with E-state index in [2.05, 4.69) is 36.1 Å². The number of hydrogen-bond acceptors (Lipinski definition) is 9. The molecule has 1 unspecified atom stereocenters. The van der Waals surface area contributed by atoms with Gasteiger partial charge in [0, 0.05) is 18.9 Å². The van der Waals surface area contributed by atoms with Crippen molar-refractivity contribution in [1.29, 1.82) is 0 Å². The molecule has 40 heavy (non-hydrogen) atoms. The zero-order valence-electron chi connectivity index (χ0n) is 22.3. The van der Waals surface area contributed by atoms with Crippen molar-refractivity contribution in [3.05, 3.63) is 47.8 Å². The third-order valence-electron chi connectivity index (χ3n) is 6.05. The smallest absolute Gasteiger partial charge is 0.407 e. The number of nitrogens with two attached hydrogens (primary N) is 1. The van der Waals surface area contributed by atoms with Crippen molar-refractivity contribution in [3.63, 3.8) is 0 Å². The molecular weight excluding hydrogens is 531 g/mol. The summed E-state index contributed by atoms with van der Waals surface area (Å²) in [6.45, 7) is 6.68. The summed E-state index contributed by atoms with van der Waals surface area (Å²) >= 11 is 0. The van der Waals surface area contributed by atoms with Crippen LogP contribution in [-0.4, -0.2) is 60.6 Å². The van der Waals surface area contributed by atoms with Gasteiger partial charge in [0.2, 0.25) is 5.92 Å². The number of nitrogens with one attached hydrogen (secondary N) is 3. The highest BCUT2D eigenvalue weighted by atomic mass is 19.3. The number of pyridine rings is 2. The number of halogens is 3. The van der Waals surface area contributed by atoms with Gasteiger partial charge in [-0.3, -0.25) is 9.78 Å². The quantitative estimate of drug-likeness (QED) is 0.336. The first kappa shape index (κ1) is 28.6. The summed E-state index contributed by atoms with van der Waals surface area (Å²) in [7, 11) is 0. The molecule has 0 aromatic carbocycles. The molecule has 2 atom stereocenters. The van der Waals surface area contributed by atoms with Gasteiger partial charge in [-0.05, 0) is 46.2 Å². The monoisotopic (exact) mass is 561 g/mol. The fourth-order valence-electron chi connectivity index (χ4n) is 4.24. The number of ether oxygens (including phenoxy) is 1. The minimum atomic E-state index is -3.04. The van der Waals surface area contributed by atoms with Gasteiger partial charge in [0.15, 0.2) is 11.6 Å². The van der Waals surface area contributed by atoms with Crippen LogP contribution in [-0.2, 0) is 4.74 Å². The SMILES string of the molecule is Cc1ncc(Nc2nc(NC3CCC(F)(F)C[C@@H]3NC(=O)OC(C)(C)C)c(F)cc2C(N)=O)cc1-n1nccn1. The van der Waals surface area contributed by atoms with Crippen LogP contribution in [0.2, 0.25) is 0 Å². The van der Waals surface area contributed by atoms with E-state index < -0.39 is 54.3 Å². The second kappa shape index (κ2) is 11.0. The van der Waals surface area contributed by atoms with E-state index in [1.165, 1.54) is 23.4 Å². The van der Waals surface area contributed by atoms with Gasteiger partial charge in [-0.15, -0.1) is 4.80 Å². The Kier molecular flexibility index (Phi) is 7.84. The third kappa shape index (κ3) is 6.95. The number of carbonyl (C=O) groups is 2. The number of alkyl halides is 2. The number of aromatic nitrogens is 5. The van der Waals surface area contributed by atoms with Gasteiger partial charge in [0.25, 0.3) is 5.91 Å². The van der Waals surface area contributed by atoms with E-state index in [0.29, 0.717) is 17.1 Å². The number of amides is 2. The number of aryl methyl sites for hydroxylation is 1. The van der Waals surface area contributed by atoms with E-state index in [9.17, 15) is 18.4 Å². The van der Waals surface area contributed by atoms with Crippen LogP contribution in [0.25, 0.3) is 5.69 Å². The van der Waals surface area contributed by atoms with Crippen LogP contribution in [0, 0.1) is 12.7 Å². The van der Waals surface area contributed by atoms with Crippen LogP contribution in [0.4, 0.5) is 35.3 Å². The van der Waals surface area contributed by atoms with Crippen molar-refractivity contribution in [2.45, 2.75) is 70.6 Å². The normalized spacial score (nSPS) is 18.6. The Balaban J connectivity index is 1.62. The van der Waals surface area contributed by atoms with Crippen LogP contribution in [0.1, 0.15) is 56.1 Å². The molecule has 3 aromatic rings. The van der Waals surface area contributed by atoms with Crippen LogP contribution in [0.3, 0.4) is 0 Å². The number of primary amides is 1. The van der Waals surface area contributed by atoms with Gasteiger partial charge in [0.05, 0.1) is 41.6 Å². The summed E-state index contributed by atoms with van der Waals surface area (Å²) in [5, 5.41) is 16.4. The predicted octanol–water partition coefficient (Wildman–Crippen LogP) is 3.84. The van der Waals surface area contributed by atoms with Crippen molar-refractivity contribution in [3.8, 4) is 5.69 Å². The predicted molar refractivity (Wildman–Crippen MR) is 139 cm³/mol. The van der Waals surface area contributed by atoms with E-state index >= 15 is 4.39 Å². The lowest BCUT2D eigenvalue weighted by Gasteiger charge is -2.37. The number of rotatable bonds is 7. The molecule has 1 fully saturated rings. The molecule has 0 radical (unpaired) electrons. The molecule has 0 saturated heterocycles. The molecule has 1 aliphatic rings. The molecular formula is C25H30F3N9O3. The van der Waals surface area contributed by atoms with E-state index in [-0.39, 0.29) is 23.6 Å². The summed E-state index contributed by atoms with van der Waals surface area (Å²) in [6.07, 6.45) is 2.31. The molecule has 3 heterocycles.